The van der Waals surface area contributed by atoms with Gasteiger partial charge in [0.2, 0.25) is 0 Å². The Morgan fingerprint density at radius 2 is 1.41 bits per heavy atom. The molecule has 1 heterocycles. The van der Waals surface area contributed by atoms with Gasteiger partial charge in [-0.1, -0.05) is 6.92 Å². The number of anilines is 2. The molecule has 0 N–H and O–H groups in total. The van der Waals surface area contributed by atoms with Gasteiger partial charge in [-0.05, 0) is 67.3 Å². The van der Waals surface area contributed by atoms with Crippen molar-refractivity contribution in [1.29, 1.82) is 0 Å². The molecule has 12 heteroatoms. The minimum absolute atomic E-state index is 0.00331. The maximum absolute atomic E-state index is 13.6. The van der Waals surface area contributed by atoms with Crippen LogP contribution in [0.15, 0.2) is 30.3 Å². The molecule has 37 heavy (non-hydrogen) atoms. The van der Waals surface area contributed by atoms with Crippen molar-refractivity contribution >= 4 is 23.4 Å². The zero-order valence-electron chi connectivity index (χ0n) is 20.8. The molecule has 0 saturated carbocycles. The van der Waals surface area contributed by atoms with Crippen molar-refractivity contribution in [3.05, 3.63) is 58.1 Å². The molecule has 0 aliphatic carbocycles. The zero-order valence-corrected chi connectivity index (χ0v) is 20.8. The van der Waals surface area contributed by atoms with Crippen molar-refractivity contribution < 1.29 is 45.4 Å². The molecule has 0 radical (unpaired) electrons. The maximum Gasteiger partial charge on any atom is 0.416 e. The molecule has 2 aromatic carbocycles. The third kappa shape index (κ3) is 5.47. The van der Waals surface area contributed by atoms with E-state index in [0.717, 1.165) is 18.2 Å². The number of carbonyl (C=O) groups excluding carboxylic acids is 2. The first-order chi connectivity index (χ1) is 17.1. The molecule has 2 atom stereocenters. The quantitative estimate of drug-likeness (QED) is 0.336. The van der Waals surface area contributed by atoms with Crippen LogP contribution < -0.4 is 9.80 Å². The number of nitrogens with zero attached hydrogens (tertiary/aromatic N) is 2. The summed E-state index contributed by atoms with van der Waals surface area (Å²) in [5, 5.41) is 0. The zero-order chi connectivity index (χ0) is 27.9. The van der Waals surface area contributed by atoms with Crippen molar-refractivity contribution in [1.82, 2.24) is 0 Å². The average molecular weight is 532 g/mol. The molecule has 1 amide bonds. The Morgan fingerprint density at radius 1 is 0.892 bits per heavy atom. The van der Waals surface area contributed by atoms with Crippen molar-refractivity contribution in [3.63, 3.8) is 0 Å². The first kappa shape index (κ1) is 28.1. The van der Waals surface area contributed by atoms with Gasteiger partial charge in [-0.25, -0.2) is 9.59 Å². The van der Waals surface area contributed by atoms with E-state index >= 15 is 0 Å². The van der Waals surface area contributed by atoms with Crippen LogP contribution in [0.4, 0.5) is 42.5 Å². The summed E-state index contributed by atoms with van der Waals surface area (Å²) in [6.45, 7) is 5.20. The number of carbonyl (C=O) groups is 2. The second-order valence-electron chi connectivity index (χ2n) is 8.74. The van der Waals surface area contributed by atoms with E-state index in [2.05, 4.69) is 0 Å². The normalized spacial score (nSPS) is 16.8. The highest BCUT2D eigenvalue weighted by molar-refractivity contribution is 5.96. The highest BCUT2D eigenvalue weighted by Crippen LogP contribution is 2.45. The van der Waals surface area contributed by atoms with E-state index in [1.54, 1.807) is 32.9 Å². The fraction of sp³-hybridized carbons (Fsp3) is 0.440. The summed E-state index contributed by atoms with van der Waals surface area (Å²) in [4.78, 5) is 28.5. The molecule has 202 valence electrons. The third-order valence-corrected chi connectivity index (χ3v) is 6.44. The number of aryl methyl sites for hydroxylation is 2. The van der Waals surface area contributed by atoms with E-state index in [0.29, 0.717) is 24.2 Å². The summed E-state index contributed by atoms with van der Waals surface area (Å²) >= 11 is 0. The Balaban J connectivity index is 2.33. The molecular weight excluding hydrogens is 506 g/mol. The molecule has 2 aromatic rings. The van der Waals surface area contributed by atoms with E-state index in [1.165, 1.54) is 16.9 Å². The standard InChI is InChI=1S/C25H26F6N2O4/c1-6-18-12-32(19-7-13(2)14(3)8-20(19)33(18)23(35)37-5)21(22(34)36-4)15-9-16(24(26,27)28)11-17(10-15)25(29,30)31/h7-11,18,21H,6,12H2,1-5H3/t18-,21+/m0/s1. The highest BCUT2D eigenvalue weighted by atomic mass is 19.4. The third-order valence-electron chi connectivity index (χ3n) is 6.44. The molecule has 0 spiro atoms. The van der Waals surface area contributed by atoms with Gasteiger partial charge in [0.1, 0.15) is 0 Å². The lowest BCUT2D eigenvalue weighted by molar-refractivity contribution is -0.145. The molecule has 3 rings (SSSR count). The number of methoxy groups -OCH3 is 2. The number of esters is 1. The van der Waals surface area contributed by atoms with Gasteiger partial charge in [0.25, 0.3) is 0 Å². The van der Waals surface area contributed by atoms with Gasteiger partial charge >= 0.3 is 24.4 Å². The number of alkyl halides is 6. The molecule has 0 saturated heterocycles. The van der Waals surface area contributed by atoms with E-state index in [9.17, 15) is 35.9 Å². The van der Waals surface area contributed by atoms with Crippen LogP contribution in [-0.4, -0.2) is 38.9 Å². The van der Waals surface area contributed by atoms with Gasteiger partial charge in [-0.2, -0.15) is 26.3 Å². The van der Waals surface area contributed by atoms with Crippen molar-refractivity contribution in [2.75, 3.05) is 30.6 Å². The fourth-order valence-corrected chi connectivity index (χ4v) is 4.41. The number of ether oxygens (including phenoxy) is 2. The lowest BCUT2D eigenvalue weighted by Crippen LogP contribution is -2.53. The number of amides is 1. The molecular formula is C25H26F6N2O4. The van der Waals surface area contributed by atoms with Crippen molar-refractivity contribution in [3.8, 4) is 0 Å². The first-order valence-electron chi connectivity index (χ1n) is 11.3. The molecule has 0 bridgehead atoms. The minimum Gasteiger partial charge on any atom is -0.467 e. The molecule has 6 nitrogen and oxygen atoms in total. The van der Waals surface area contributed by atoms with Crippen molar-refractivity contribution in [2.45, 2.75) is 51.6 Å². The summed E-state index contributed by atoms with van der Waals surface area (Å²) in [7, 11) is 2.19. The number of halogens is 6. The van der Waals surface area contributed by atoms with Gasteiger partial charge in [-0.15, -0.1) is 0 Å². The smallest absolute Gasteiger partial charge is 0.416 e. The number of hydrogen-bond donors (Lipinski definition) is 0. The van der Waals surface area contributed by atoms with Crippen LogP contribution >= 0.6 is 0 Å². The molecule has 1 aliphatic rings. The van der Waals surface area contributed by atoms with Crippen LogP contribution in [0.5, 0.6) is 0 Å². The van der Waals surface area contributed by atoms with E-state index in [1.807, 2.05) is 0 Å². The summed E-state index contributed by atoms with van der Waals surface area (Å²) in [6, 6.07) is 2.06. The summed E-state index contributed by atoms with van der Waals surface area (Å²) in [6.07, 6.45) is -10.5. The van der Waals surface area contributed by atoms with Crippen LogP contribution in [0.3, 0.4) is 0 Å². The van der Waals surface area contributed by atoms with Crippen LogP contribution in [-0.2, 0) is 26.6 Å². The topological polar surface area (TPSA) is 59.1 Å². The lowest BCUT2D eigenvalue weighted by atomic mass is 9.94. The van der Waals surface area contributed by atoms with E-state index < -0.39 is 53.2 Å². The van der Waals surface area contributed by atoms with Crippen molar-refractivity contribution in [2.24, 2.45) is 0 Å². The summed E-state index contributed by atoms with van der Waals surface area (Å²) < 4.78 is 91.4. The van der Waals surface area contributed by atoms with Gasteiger partial charge in [0.15, 0.2) is 6.04 Å². The molecule has 0 aromatic heterocycles. The van der Waals surface area contributed by atoms with E-state index in [4.69, 9.17) is 9.47 Å². The number of fused-ring (bicyclic) bond motifs is 1. The molecule has 0 unspecified atom stereocenters. The summed E-state index contributed by atoms with van der Waals surface area (Å²) in [5.74, 6) is -1.06. The van der Waals surface area contributed by atoms with Crippen LogP contribution in [0.25, 0.3) is 0 Å². The lowest BCUT2D eigenvalue weighted by Gasteiger charge is -2.45. The molecule has 0 fully saturated rings. The van der Waals surface area contributed by atoms with Crippen LogP contribution in [0.2, 0.25) is 0 Å². The van der Waals surface area contributed by atoms with E-state index in [-0.39, 0.29) is 18.3 Å². The molecule has 1 aliphatic heterocycles. The fourth-order valence-electron chi connectivity index (χ4n) is 4.41. The van der Waals surface area contributed by atoms with Gasteiger partial charge in [-0.3, -0.25) is 4.90 Å². The number of rotatable bonds is 4. The van der Waals surface area contributed by atoms with Crippen LogP contribution in [0.1, 0.15) is 47.2 Å². The number of benzene rings is 2. The Labute approximate surface area is 209 Å². The first-order valence-corrected chi connectivity index (χ1v) is 11.3. The highest BCUT2D eigenvalue weighted by Gasteiger charge is 2.43. The van der Waals surface area contributed by atoms with Gasteiger partial charge in [0.05, 0.1) is 42.8 Å². The van der Waals surface area contributed by atoms with Gasteiger partial charge in [0, 0.05) is 6.54 Å². The number of hydrogen-bond acceptors (Lipinski definition) is 5. The summed E-state index contributed by atoms with van der Waals surface area (Å²) in [5.41, 5.74) is -1.56. The van der Waals surface area contributed by atoms with Crippen LogP contribution in [0, 0.1) is 13.8 Å². The predicted octanol–water partition coefficient (Wildman–Crippen LogP) is 6.43. The Morgan fingerprint density at radius 3 is 1.84 bits per heavy atom. The Hall–Kier alpha value is -3.44. The Bertz CT molecular complexity index is 1160. The average Bonchev–Trinajstić information content (AvgIpc) is 2.82. The second-order valence-corrected chi connectivity index (χ2v) is 8.74. The predicted molar refractivity (Wildman–Crippen MR) is 123 cm³/mol. The maximum atomic E-state index is 13.6. The second kappa shape index (κ2) is 10.1. The van der Waals surface area contributed by atoms with Gasteiger partial charge < -0.3 is 14.4 Å². The minimum atomic E-state index is -5.10. The SMILES string of the molecule is CC[C@H]1CN([C@@H](C(=O)OC)c2cc(C(F)(F)F)cc(C(F)(F)F)c2)c2cc(C)c(C)cc2N1C(=O)OC. The monoisotopic (exact) mass is 532 g/mol. The largest absolute Gasteiger partial charge is 0.467 e. The Kier molecular flexibility index (Phi) is 7.71.